The van der Waals surface area contributed by atoms with Crippen LogP contribution in [0, 0.1) is 0 Å². The molecular formula is C13H21NO3. The lowest BCUT2D eigenvalue weighted by Crippen LogP contribution is -2.30. The molecule has 0 aliphatic carbocycles. The van der Waals surface area contributed by atoms with Crippen LogP contribution in [-0.2, 0) is 16.1 Å². The van der Waals surface area contributed by atoms with Gasteiger partial charge in [-0.05, 0) is 24.7 Å². The lowest BCUT2D eigenvalue weighted by Gasteiger charge is -2.16. The maximum absolute atomic E-state index is 5.75. The predicted molar refractivity (Wildman–Crippen MR) is 67.4 cm³/mol. The molecule has 0 saturated heterocycles. The minimum atomic E-state index is 0.0760. The van der Waals surface area contributed by atoms with E-state index in [1.807, 2.05) is 31.3 Å². The molecular weight excluding hydrogens is 218 g/mol. The van der Waals surface area contributed by atoms with Gasteiger partial charge in [-0.3, -0.25) is 0 Å². The van der Waals surface area contributed by atoms with Crippen molar-refractivity contribution in [1.82, 2.24) is 5.32 Å². The molecule has 0 amide bonds. The van der Waals surface area contributed by atoms with Gasteiger partial charge in [0.05, 0.1) is 26.4 Å². The summed E-state index contributed by atoms with van der Waals surface area (Å²) in [5, 5.41) is 3.08. The Balaban J connectivity index is 2.41. The summed E-state index contributed by atoms with van der Waals surface area (Å²) in [6.07, 6.45) is 0.0760. The van der Waals surface area contributed by atoms with Crippen molar-refractivity contribution in [1.29, 1.82) is 0 Å². The van der Waals surface area contributed by atoms with Crippen LogP contribution < -0.4 is 10.1 Å². The number of hydrogen-bond acceptors (Lipinski definition) is 4. The van der Waals surface area contributed by atoms with E-state index in [-0.39, 0.29) is 6.10 Å². The summed E-state index contributed by atoms with van der Waals surface area (Å²) in [6, 6.07) is 7.87. The molecule has 0 fully saturated rings. The normalized spacial score (nSPS) is 12.4. The van der Waals surface area contributed by atoms with E-state index >= 15 is 0 Å². The number of rotatable bonds is 8. The van der Waals surface area contributed by atoms with Crippen molar-refractivity contribution in [3.63, 3.8) is 0 Å². The van der Waals surface area contributed by atoms with Gasteiger partial charge < -0.3 is 19.5 Å². The highest BCUT2D eigenvalue weighted by atomic mass is 16.5. The van der Waals surface area contributed by atoms with Gasteiger partial charge in [0.1, 0.15) is 5.75 Å². The maximum atomic E-state index is 5.75. The summed E-state index contributed by atoms with van der Waals surface area (Å²) >= 11 is 0. The van der Waals surface area contributed by atoms with E-state index in [9.17, 15) is 0 Å². The Labute approximate surface area is 103 Å². The van der Waals surface area contributed by atoms with Crippen molar-refractivity contribution in [2.75, 3.05) is 34.4 Å². The first-order valence-electron chi connectivity index (χ1n) is 5.68. The Bertz CT molecular complexity index is 294. The summed E-state index contributed by atoms with van der Waals surface area (Å²) in [4.78, 5) is 0. The average Bonchev–Trinajstić information content (AvgIpc) is 2.37. The zero-order valence-electron chi connectivity index (χ0n) is 10.7. The number of hydrogen-bond donors (Lipinski definition) is 1. The fourth-order valence-corrected chi connectivity index (χ4v) is 1.52. The molecule has 4 heteroatoms. The topological polar surface area (TPSA) is 39.7 Å². The second-order valence-corrected chi connectivity index (χ2v) is 3.79. The predicted octanol–water partition coefficient (Wildman–Crippen LogP) is 1.45. The van der Waals surface area contributed by atoms with Crippen LogP contribution in [0.4, 0.5) is 0 Å². The maximum Gasteiger partial charge on any atom is 0.118 e. The highest BCUT2D eigenvalue weighted by Crippen LogP contribution is 2.12. The third kappa shape index (κ3) is 5.17. The SMILES string of the molecule is CNCC(COC)OCc1ccc(OC)cc1. The lowest BCUT2D eigenvalue weighted by atomic mass is 10.2. The summed E-state index contributed by atoms with van der Waals surface area (Å²) in [6.45, 7) is 1.96. The average molecular weight is 239 g/mol. The second kappa shape index (κ2) is 8.06. The quantitative estimate of drug-likeness (QED) is 0.745. The van der Waals surface area contributed by atoms with Crippen LogP contribution in [0.5, 0.6) is 5.75 Å². The molecule has 0 aliphatic heterocycles. The third-order valence-electron chi connectivity index (χ3n) is 2.43. The molecule has 1 N–H and O–H groups in total. The van der Waals surface area contributed by atoms with Crippen molar-refractivity contribution in [3.05, 3.63) is 29.8 Å². The van der Waals surface area contributed by atoms with E-state index in [1.54, 1.807) is 14.2 Å². The van der Waals surface area contributed by atoms with E-state index in [0.717, 1.165) is 17.9 Å². The first kappa shape index (κ1) is 14.0. The highest BCUT2D eigenvalue weighted by molar-refractivity contribution is 5.26. The van der Waals surface area contributed by atoms with E-state index in [2.05, 4.69) is 5.32 Å². The molecule has 1 aromatic rings. The molecule has 0 spiro atoms. The van der Waals surface area contributed by atoms with Gasteiger partial charge >= 0.3 is 0 Å². The first-order chi connectivity index (χ1) is 8.30. The molecule has 0 bridgehead atoms. The van der Waals surface area contributed by atoms with Crippen LogP contribution in [0.3, 0.4) is 0 Å². The molecule has 4 nitrogen and oxygen atoms in total. The molecule has 1 unspecified atom stereocenters. The standard InChI is InChI=1S/C13H21NO3/c1-14-8-13(10-15-2)17-9-11-4-6-12(16-3)7-5-11/h4-7,13-14H,8-10H2,1-3H3. The Hall–Kier alpha value is -1.10. The van der Waals surface area contributed by atoms with Gasteiger partial charge in [0.15, 0.2) is 0 Å². The van der Waals surface area contributed by atoms with E-state index in [1.165, 1.54) is 0 Å². The van der Waals surface area contributed by atoms with E-state index < -0.39 is 0 Å². The number of likely N-dealkylation sites (N-methyl/N-ethyl adjacent to an activating group) is 1. The number of methoxy groups -OCH3 is 2. The fourth-order valence-electron chi connectivity index (χ4n) is 1.52. The third-order valence-corrected chi connectivity index (χ3v) is 2.43. The Kier molecular flexibility index (Phi) is 6.62. The van der Waals surface area contributed by atoms with Crippen molar-refractivity contribution in [2.45, 2.75) is 12.7 Å². The van der Waals surface area contributed by atoms with Crippen molar-refractivity contribution < 1.29 is 14.2 Å². The molecule has 96 valence electrons. The van der Waals surface area contributed by atoms with Crippen LogP contribution in [0.15, 0.2) is 24.3 Å². The largest absolute Gasteiger partial charge is 0.497 e. The van der Waals surface area contributed by atoms with Gasteiger partial charge in [0.2, 0.25) is 0 Å². The zero-order chi connectivity index (χ0) is 12.5. The molecule has 17 heavy (non-hydrogen) atoms. The molecule has 1 aromatic carbocycles. The minimum Gasteiger partial charge on any atom is -0.497 e. The minimum absolute atomic E-state index is 0.0760. The Morgan fingerprint density at radius 2 is 1.88 bits per heavy atom. The fraction of sp³-hybridized carbons (Fsp3) is 0.538. The van der Waals surface area contributed by atoms with E-state index in [0.29, 0.717) is 13.2 Å². The second-order valence-electron chi connectivity index (χ2n) is 3.79. The monoisotopic (exact) mass is 239 g/mol. The molecule has 1 rings (SSSR count). The first-order valence-corrected chi connectivity index (χ1v) is 5.68. The van der Waals surface area contributed by atoms with Crippen LogP contribution in [0.1, 0.15) is 5.56 Å². The van der Waals surface area contributed by atoms with Crippen LogP contribution in [-0.4, -0.2) is 40.5 Å². The molecule has 0 aliphatic rings. The molecule has 0 aromatic heterocycles. The molecule has 0 radical (unpaired) electrons. The van der Waals surface area contributed by atoms with E-state index in [4.69, 9.17) is 14.2 Å². The van der Waals surface area contributed by atoms with Crippen LogP contribution in [0.2, 0.25) is 0 Å². The van der Waals surface area contributed by atoms with Gasteiger partial charge in [0, 0.05) is 13.7 Å². The Morgan fingerprint density at radius 3 is 2.41 bits per heavy atom. The smallest absolute Gasteiger partial charge is 0.118 e. The van der Waals surface area contributed by atoms with Crippen molar-refractivity contribution in [3.8, 4) is 5.75 Å². The lowest BCUT2D eigenvalue weighted by molar-refractivity contribution is -0.00920. The molecule has 0 saturated carbocycles. The number of nitrogens with one attached hydrogen (secondary N) is 1. The molecule has 1 atom stereocenters. The van der Waals surface area contributed by atoms with Gasteiger partial charge in [-0.1, -0.05) is 12.1 Å². The van der Waals surface area contributed by atoms with Gasteiger partial charge in [-0.25, -0.2) is 0 Å². The van der Waals surface area contributed by atoms with Crippen molar-refractivity contribution in [2.24, 2.45) is 0 Å². The Morgan fingerprint density at radius 1 is 1.18 bits per heavy atom. The summed E-state index contributed by atoms with van der Waals surface area (Å²) in [5.41, 5.74) is 1.13. The summed E-state index contributed by atoms with van der Waals surface area (Å²) < 4.78 is 16.0. The summed E-state index contributed by atoms with van der Waals surface area (Å²) in [5.74, 6) is 0.859. The van der Waals surface area contributed by atoms with Crippen molar-refractivity contribution >= 4 is 0 Å². The number of benzene rings is 1. The van der Waals surface area contributed by atoms with Gasteiger partial charge in [-0.2, -0.15) is 0 Å². The highest BCUT2D eigenvalue weighted by Gasteiger charge is 2.07. The van der Waals surface area contributed by atoms with Crippen LogP contribution in [0.25, 0.3) is 0 Å². The summed E-state index contributed by atoms with van der Waals surface area (Å²) in [7, 11) is 5.24. The van der Waals surface area contributed by atoms with Crippen LogP contribution >= 0.6 is 0 Å². The molecule has 0 heterocycles. The van der Waals surface area contributed by atoms with Gasteiger partial charge in [-0.15, -0.1) is 0 Å². The van der Waals surface area contributed by atoms with Gasteiger partial charge in [0.25, 0.3) is 0 Å². The zero-order valence-corrected chi connectivity index (χ0v) is 10.7. The number of ether oxygens (including phenoxy) is 3.